The maximum absolute atomic E-state index is 14.6. The molecule has 2 aliphatic rings. The van der Waals surface area contributed by atoms with Crippen LogP contribution in [0.3, 0.4) is 0 Å². The van der Waals surface area contributed by atoms with Gasteiger partial charge in [0.15, 0.2) is 0 Å². The van der Waals surface area contributed by atoms with Crippen LogP contribution in [0.5, 0.6) is 5.75 Å². The zero-order valence-corrected chi connectivity index (χ0v) is 20.5. The van der Waals surface area contributed by atoms with E-state index in [0.29, 0.717) is 36.4 Å². The van der Waals surface area contributed by atoms with Crippen molar-refractivity contribution in [1.29, 1.82) is 0 Å². The fraction of sp³-hybridized carbons (Fsp3) is 0.310. The Bertz CT molecular complexity index is 1270. The predicted molar refractivity (Wildman–Crippen MR) is 136 cm³/mol. The van der Waals surface area contributed by atoms with Gasteiger partial charge in [-0.2, -0.15) is 0 Å². The third kappa shape index (κ3) is 5.11. The van der Waals surface area contributed by atoms with Crippen molar-refractivity contribution in [2.75, 3.05) is 39.3 Å². The number of carbonyl (C=O) groups excluding carboxylic acids is 2. The number of fused-ring (bicyclic) bond motifs is 1. The minimum absolute atomic E-state index is 0.123. The van der Waals surface area contributed by atoms with Crippen molar-refractivity contribution in [2.45, 2.75) is 20.0 Å². The zero-order valence-electron chi connectivity index (χ0n) is 20.5. The van der Waals surface area contributed by atoms with E-state index in [0.717, 1.165) is 49.6 Å². The van der Waals surface area contributed by atoms with E-state index in [1.165, 1.54) is 6.07 Å². The molecule has 0 radical (unpaired) electrons. The maximum Gasteiger partial charge on any atom is 0.254 e. The molecule has 0 atom stereocenters. The van der Waals surface area contributed by atoms with Gasteiger partial charge in [-0.15, -0.1) is 0 Å². The van der Waals surface area contributed by atoms with Crippen molar-refractivity contribution in [3.05, 3.63) is 89.2 Å². The SMILES string of the molecule is CC(=O)N1CCN(Cc2ccc3c(c2)CN(C(=O)c2ccccc2-c2ccccc2F)CCO3)CC1. The van der Waals surface area contributed by atoms with Crippen LogP contribution in [0.15, 0.2) is 66.7 Å². The summed E-state index contributed by atoms with van der Waals surface area (Å²) in [6, 6.07) is 19.9. The second kappa shape index (κ2) is 10.5. The van der Waals surface area contributed by atoms with Gasteiger partial charge in [-0.05, 0) is 35.4 Å². The highest BCUT2D eigenvalue weighted by Crippen LogP contribution is 2.30. The molecule has 186 valence electrons. The average molecular weight is 488 g/mol. The van der Waals surface area contributed by atoms with E-state index in [1.807, 2.05) is 23.1 Å². The predicted octanol–water partition coefficient (Wildman–Crippen LogP) is 4.19. The van der Waals surface area contributed by atoms with Crippen LogP contribution in [-0.4, -0.2) is 65.8 Å². The summed E-state index contributed by atoms with van der Waals surface area (Å²) < 4.78 is 20.5. The number of ether oxygens (including phenoxy) is 1. The summed E-state index contributed by atoms with van der Waals surface area (Å²) in [5.41, 5.74) is 3.59. The second-order valence-corrected chi connectivity index (χ2v) is 9.32. The number of hydrogen-bond donors (Lipinski definition) is 0. The number of rotatable bonds is 4. The lowest BCUT2D eigenvalue weighted by Gasteiger charge is -2.34. The molecular weight excluding hydrogens is 457 g/mol. The van der Waals surface area contributed by atoms with Crippen LogP contribution in [-0.2, 0) is 17.9 Å². The first-order valence-electron chi connectivity index (χ1n) is 12.4. The molecule has 2 aliphatic heterocycles. The summed E-state index contributed by atoms with van der Waals surface area (Å²) in [5, 5.41) is 0. The molecule has 0 saturated carbocycles. The summed E-state index contributed by atoms with van der Waals surface area (Å²) in [5.74, 6) is 0.420. The molecule has 0 spiro atoms. The van der Waals surface area contributed by atoms with Gasteiger partial charge in [0.1, 0.15) is 18.2 Å². The number of benzene rings is 3. The van der Waals surface area contributed by atoms with Gasteiger partial charge in [0, 0.05) is 62.9 Å². The largest absolute Gasteiger partial charge is 0.491 e. The molecule has 1 fully saturated rings. The molecule has 3 aromatic carbocycles. The Balaban J connectivity index is 1.34. The van der Waals surface area contributed by atoms with Crippen molar-refractivity contribution in [3.8, 4) is 16.9 Å². The molecule has 2 amide bonds. The molecule has 1 saturated heterocycles. The summed E-state index contributed by atoms with van der Waals surface area (Å²) in [6.07, 6.45) is 0. The van der Waals surface area contributed by atoms with Gasteiger partial charge in [0.05, 0.1) is 6.54 Å². The first-order chi connectivity index (χ1) is 17.5. The molecule has 7 heteroatoms. The number of carbonyl (C=O) groups is 2. The van der Waals surface area contributed by atoms with E-state index >= 15 is 0 Å². The molecule has 0 N–H and O–H groups in total. The van der Waals surface area contributed by atoms with Gasteiger partial charge in [-0.25, -0.2) is 4.39 Å². The molecule has 0 aliphatic carbocycles. The van der Waals surface area contributed by atoms with Crippen molar-refractivity contribution in [3.63, 3.8) is 0 Å². The van der Waals surface area contributed by atoms with Gasteiger partial charge in [-0.3, -0.25) is 14.5 Å². The van der Waals surface area contributed by atoms with Crippen LogP contribution >= 0.6 is 0 Å². The van der Waals surface area contributed by atoms with E-state index < -0.39 is 0 Å². The summed E-state index contributed by atoms with van der Waals surface area (Å²) >= 11 is 0. The first-order valence-corrected chi connectivity index (χ1v) is 12.4. The summed E-state index contributed by atoms with van der Waals surface area (Å²) in [7, 11) is 0. The number of hydrogen-bond acceptors (Lipinski definition) is 4. The lowest BCUT2D eigenvalue weighted by molar-refractivity contribution is -0.130. The normalized spacial score (nSPS) is 16.2. The third-order valence-electron chi connectivity index (χ3n) is 6.94. The second-order valence-electron chi connectivity index (χ2n) is 9.32. The molecule has 0 unspecified atom stereocenters. The van der Waals surface area contributed by atoms with E-state index in [2.05, 4.69) is 17.0 Å². The smallest absolute Gasteiger partial charge is 0.254 e. The van der Waals surface area contributed by atoms with E-state index in [-0.39, 0.29) is 17.6 Å². The van der Waals surface area contributed by atoms with Crippen LogP contribution in [0.4, 0.5) is 4.39 Å². The molecule has 36 heavy (non-hydrogen) atoms. The van der Waals surface area contributed by atoms with Crippen molar-refractivity contribution >= 4 is 11.8 Å². The molecule has 0 bridgehead atoms. The Morgan fingerprint density at radius 2 is 1.58 bits per heavy atom. The maximum atomic E-state index is 14.6. The van der Waals surface area contributed by atoms with Crippen LogP contribution in [0, 0.1) is 5.82 Å². The lowest BCUT2D eigenvalue weighted by Crippen LogP contribution is -2.47. The fourth-order valence-corrected chi connectivity index (χ4v) is 4.95. The quantitative estimate of drug-likeness (QED) is 0.554. The number of nitrogens with zero attached hydrogens (tertiary/aromatic N) is 3. The van der Waals surface area contributed by atoms with Crippen LogP contribution in [0.25, 0.3) is 11.1 Å². The van der Waals surface area contributed by atoms with Crippen molar-refractivity contribution in [2.24, 2.45) is 0 Å². The molecule has 2 heterocycles. The van der Waals surface area contributed by atoms with Gasteiger partial charge >= 0.3 is 0 Å². The molecule has 6 nitrogen and oxygen atoms in total. The lowest BCUT2D eigenvalue weighted by atomic mass is 9.98. The number of piperazine rings is 1. The third-order valence-corrected chi connectivity index (χ3v) is 6.94. The van der Waals surface area contributed by atoms with Gasteiger partial charge in [0.25, 0.3) is 5.91 Å². The summed E-state index contributed by atoms with van der Waals surface area (Å²) in [6.45, 7) is 6.82. The van der Waals surface area contributed by atoms with Gasteiger partial charge in [-0.1, -0.05) is 42.5 Å². The Morgan fingerprint density at radius 1 is 0.861 bits per heavy atom. The number of amides is 2. The Hall–Kier alpha value is -3.71. The topological polar surface area (TPSA) is 53.1 Å². The van der Waals surface area contributed by atoms with E-state index in [9.17, 15) is 14.0 Å². The van der Waals surface area contributed by atoms with E-state index in [4.69, 9.17) is 4.74 Å². The monoisotopic (exact) mass is 487 g/mol. The zero-order chi connectivity index (χ0) is 25.1. The first kappa shape index (κ1) is 24.0. The molecule has 3 aromatic rings. The van der Waals surface area contributed by atoms with Crippen molar-refractivity contribution < 1.29 is 18.7 Å². The average Bonchev–Trinajstić information content (AvgIpc) is 3.11. The minimum Gasteiger partial charge on any atom is -0.491 e. The van der Waals surface area contributed by atoms with Gasteiger partial charge < -0.3 is 14.5 Å². The highest BCUT2D eigenvalue weighted by atomic mass is 19.1. The Labute approximate surface area is 210 Å². The Kier molecular flexibility index (Phi) is 7.00. The van der Waals surface area contributed by atoms with Gasteiger partial charge in [0.2, 0.25) is 5.91 Å². The molecule has 0 aromatic heterocycles. The molecular formula is C29H30FN3O3. The summed E-state index contributed by atoms with van der Waals surface area (Å²) in [4.78, 5) is 31.3. The highest BCUT2D eigenvalue weighted by Gasteiger charge is 2.25. The molecule has 5 rings (SSSR count). The van der Waals surface area contributed by atoms with E-state index in [1.54, 1.807) is 42.2 Å². The highest BCUT2D eigenvalue weighted by molar-refractivity contribution is 6.01. The van der Waals surface area contributed by atoms with Crippen LogP contribution in [0.1, 0.15) is 28.4 Å². The minimum atomic E-state index is -0.351. The standard InChI is InChI=1S/C29H30FN3O3/c1-21(34)32-14-12-31(13-15-32)19-22-10-11-28-23(18-22)20-33(16-17-36-28)29(35)26-8-3-2-6-24(26)25-7-4-5-9-27(25)30/h2-11,18H,12-17,19-20H2,1H3. The van der Waals surface area contributed by atoms with Crippen LogP contribution in [0.2, 0.25) is 0 Å². The number of halogens is 1. The van der Waals surface area contributed by atoms with Crippen molar-refractivity contribution in [1.82, 2.24) is 14.7 Å². The van der Waals surface area contributed by atoms with Crippen LogP contribution < -0.4 is 4.74 Å². The Morgan fingerprint density at radius 3 is 2.33 bits per heavy atom. The fourth-order valence-electron chi connectivity index (χ4n) is 4.95.